The Kier molecular flexibility index (Phi) is 0.904. The Bertz CT molecular complexity index is 160. The van der Waals surface area contributed by atoms with Crippen molar-refractivity contribution in [1.82, 2.24) is 4.90 Å². The van der Waals surface area contributed by atoms with E-state index in [1.54, 1.807) is 5.70 Å². The van der Waals surface area contributed by atoms with E-state index < -0.39 is 0 Å². The number of hydrogen-bond donors (Lipinski definition) is 0. The number of piperidine rings is 1. The fourth-order valence-corrected chi connectivity index (χ4v) is 1.99. The molecule has 50 valence electrons. The Labute approximate surface area is 56.4 Å². The van der Waals surface area contributed by atoms with Crippen LogP contribution in [0.3, 0.4) is 0 Å². The van der Waals surface area contributed by atoms with Gasteiger partial charge in [0.1, 0.15) is 0 Å². The average molecular weight is 123 g/mol. The van der Waals surface area contributed by atoms with Gasteiger partial charge >= 0.3 is 0 Å². The third kappa shape index (κ3) is 0.549. The summed E-state index contributed by atoms with van der Waals surface area (Å²) in [6.07, 6.45) is 4.98. The van der Waals surface area contributed by atoms with Gasteiger partial charge in [-0.3, -0.25) is 0 Å². The second kappa shape index (κ2) is 1.53. The van der Waals surface area contributed by atoms with Crippen molar-refractivity contribution in [2.24, 2.45) is 0 Å². The molecular weight excluding hydrogens is 110 g/mol. The molecule has 2 fully saturated rings. The molecule has 0 aromatic carbocycles. The first-order chi connectivity index (χ1) is 4.34. The molecule has 2 saturated heterocycles. The molecular formula is C8H13N. The summed E-state index contributed by atoms with van der Waals surface area (Å²) >= 11 is 0. The number of fused-ring (bicyclic) bond motifs is 1. The summed E-state index contributed by atoms with van der Waals surface area (Å²) in [4.78, 5) is 2.53. The normalized spacial score (nSPS) is 43.8. The second-order valence-corrected chi connectivity index (χ2v) is 3.03. The molecule has 0 aliphatic carbocycles. The Morgan fingerprint density at radius 3 is 2.78 bits per heavy atom. The van der Waals surface area contributed by atoms with Crippen LogP contribution in [0.1, 0.15) is 26.7 Å². The minimum Gasteiger partial charge on any atom is -0.365 e. The van der Waals surface area contributed by atoms with Gasteiger partial charge in [0.25, 0.3) is 0 Å². The molecule has 2 atom stereocenters. The maximum absolute atomic E-state index is 2.53. The number of nitrogens with zero attached hydrogens (tertiary/aromatic N) is 1. The third-order valence-electron chi connectivity index (χ3n) is 2.62. The van der Waals surface area contributed by atoms with Crippen LogP contribution in [0.5, 0.6) is 0 Å². The summed E-state index contributed by atoms with van der Waals surface area (Å²) in [5.74, 6) is 0. The third-order valence-corrected chi connectivity index (χ3v) is 2.62. The average Bonchev–Trinajstić information content (AvgIpc) is 2.41. The maximum atomic E-state index is 2.53. The van der Waals surface area contributed by atoms with E-state index in [1.807, 2.05) is 0 Å². The predicted octanol–water partition coefficient (Wildman–Crippen LogP) is 1.76. The molecule has 2 aliphatic heterocycles. The zero-order chi connectivity index (χ0) is 6.43. The molecule has 0 saturated carbocycles. The highest BCUT2D eigenvalue weighted by Crippen LogP contribution is 2.44. The summed E-state index contributed by atoms with van der Waals surface area (Å²) in [6.45, 7) is 4.45. The molecule has 0 aromatic rings. The highest BCUT2D eigenvalue weighted by molar-refractivity contribution is 5.21. The van der Waals surface area contributed by atoms with E-state index in [9.17, 15) is 0 Å². The highest BCUT2D eigenvalue weighted by Gasteiger charge is 2.48. The van der Waals surface area contributed by atoms with Gasteiger partial charge in [-0.15, -0.1) is 0 Å². The van der Waals surface area contributed by atoms with Gasteiger partial charge in [0, 0.05) is 17.8 Å². The molecule has 2 aliphatic rings. The van der Waals surface area contributed by atoms with Gasteiger partial charge in [0.2, 0.25) is 0 Å². The van der Waals surface area contributed by atoms with Crippen LogP contribution >= 0.6 is 0 Å². The minimum absolute atomic E-state index is 0.866. The number of hydrogen-bond acceptors (Lipinski definition) is 1. The van der Waals surface area contributed by atoms with Crippen molar-refractivity contribution in [3.8, 4) is 0 Å². The Hall–Kier alpha value is -0.460. The monoisotopic (exact) mass is 123 g/mol. The van der Waals surface area contributed by atoms with Gasteiger partial charge in [-0.05, 0) is 26.7 Å². The van der Waals surface area contributed by atoms with Crippen LogP contribution in [-0.4, -0.2) is 17.0 Å². The lowest BCUT2D eigenvalue weighted by molar-refractivity contribution is 0.639. The lowest BCUT2D eigenvalue weighted by Crippen LogP contribution is -1.95. The topological polar surface area (TPSA) is 3.01 Å². The molecule has 1 heteroatoms. The second-order valence-electron chi connectivity index (χ2n) is 3.03. The van der Waals surface area contributed by atoms with Crippen molar-refractivity contribution in [2.75, 3.05) is 0 Å². The van der Waals surface area contributed by atoms with Crippen LogP contribution in [0.4, 0.5) is 0 Å². The summed E-state index contributed by atoms with van der Waals surface area (Å²) in [6, 6.07) is 1.79. The first-order valence-corrected chi connectivity index (χ1v) is 3.78. The highest BCUT2D eigenvalue weighted by atomic mass is 15.4. The summed E-state index contributed by atoms with van der Waals surface area (Å²) < 4.78 is 0. The van der Waals surface area contributed by atoms with E-state index in [0.717, 1.165) is 12.1 Å². The molecule has 2 rings (SSSR count). The number of rotatable bonds is 0. The summed E-state index contributed by atoms with van der Waals surface area (Å²) in [5, 5.41) is 0. The zero-order valence-electron chi connectivity index (χ0n) is 6.09. The van der Waals surface area contributed by atoms with Crippen molar-refractivity contribution in [3.05, 3.63) is 11.8 Å². The Balaban J connectivity index is 2.16. The first-order valence-electron chi connectivity index (χ1n) is 3.78. The molecule has 2 unspecified atom stereocenters. The molecule has 0 N–H and O–H groups in total. The Morgan fingerprint density at radius 1 is 1.67 bits per heavy atom. The van der Waals surface area contributed by atoms with E-state index in [1.165, 1.54) is 12.8 Å². The fraction of sp³-hybridized carbons (Fsp3) is 0.750. The van der Waals surface area contributed by atoms with Gasteiger partial charge in [-0.1, -0.05) is 6.08 Å². The van der Waals surface area contributed by atoms with E-state index in [2.05, 4.69) is 24.8 Å². The first kappa shape index (κ1) is 5.33. The predicted molar refractivity (Wildman–Crippen MR) is 38.1 cm³/mol. The van der Waals surface area contributed by atoms with Gasteiger partial charge in [0.15, 0.2) is 0 Å². The molecule has 0 spiro atoms. The van der Waals surface area contributed by atoms with Crippen LogP contribution in [-0.2, 0) is 0 Å². The van der Waals surface area contributed by atoms with Crippen LogP contribution in [0, 0.1) is 0 Å². The Morgan fingerprint density at radius 2 is 2.44 bits per heavy atom. The van der Waals surface area contributed by atoms with E-state index >= 15 is 0 Å². The van der Waals surface area contributed by atoms with Crippen molar-refractivity contribution in [3.63, 3.8) is 0 Å². The summed E-state index contributed by atoms with van der Waals surface area (Å²) in [5.41, 5.74) is 1.58. The molecule has 0 amide bonds. The smallest absolute Gasteiger partial charge is 0.0495 e. The lowest BCUT2D eigenvalue weighted by atomic mass is 10.2. The van der Waals surface area contributed by atoms with Gasteiger partial charge < -0.3 is 4.90 Å². The molecule has 2 heterocycles. The quantitative estimate of drug-likeness (QED) is 0.443. The van der Waals surface area contributed by atoms with Crippen LogP contribution in [0.15, 0.2) is 11.8 Å². The largest absolute Gasteiger partial charge is 0.365 e. The van der Waals surface area contributed by atoms with Gasteiger partial charge in [-0.25, -0.2) is 0 Å². The van der Waals surface area contributed by atoms with Crippen molar-refractivity contribution < 1.29 is 0 Å². The van der Waals surface area contributed by atoms with Crippen molar-refractivity contribution >= 4 is 0 Å². The molecule has 0 radical (unpaired) electrons. The molecule has 0 aromatic heterocycles. The van der Waals surface area contributed by atoms with Crippen molar-refractivity contribution in [1.29, 1.82) is 0 Å². The van der Waals surface area contributed by atoms with E-state index in [4.69, 9.17) is 0 Å². The molecule has 9 heavy (non-hydrogen) atoms. The molecule has 1 nitrogen and oxygen atoms in total. The van der Waals surface area contributed by atoms with Crippen LogP contribution in [0.25, 0.3) is 0 Å². The zero-order valence-corrected chi connectivity index (χ0v) is 6.09. The van der Waals surface area contributed by atoms with Crippen molar-refractivity contribution in [2.45, 2.75) is 38.8 Å². The summed E-state index contributed by atoms with van der Waals surface area (Å²) in [7, 11) is 0. The lowest BCUT2D eigenvalue weighted by Gasteiger charge is -2.01. The SMILES string of the molecule is C/C=C1/CCC2C(C)N12. The number of allylic oxidation sites excluding steroid dienone is 2. The van der Waals surface area contributed by atoms with Gasteiger partial charge in [-0.2, -0.15) is 0 Å². The minimum atomic E-state index is 0.866. The van der Waals surface area contributed by atoms with Crippen LogP contribution in [0.2, 0.25) is 0 Å². The van der Waals surface area contributed by atoms with Crippen LogP contribution < -0.4 is 0 Å². The molecule has 0 bridgehead atoms. The maximum Gasteiger partial charge on any atom is 0.0495 e. The fourth-order valence-electron chi connectivity index (χ4n) is 1.99. The van der Waals surface area contributed by atoms with Gasteiger partial charge in [0.05, 0.1) is 0 Å². The standard InChI is InChI=1S/C8H13N/c1-3-7-4-5-8-6(2)9(7)8/h3,6,8H,4-5H2,1-2H3/b7-3-. The van der Waals surface area contributed by atoms with E-state index in [0.29, 0.717) is 0 Å². The van der Waals surface area contributed by atoms with E-state index in [-0.39, 0.29) is 0 Å².